The van der Waals surface area contributed by atoms with E-state index in [0.717, 1.165) is 56.0 Å². The van der Waals surface area contributed by atoms with Crippen LogP contribution in [0.5, 0.6) is 0 Å². The number of carbonyl (C=O) groups is 2. The van der Waals surface area contributed by atoms with E-state index in [2.05, 4.69) is 15.2 Å². The number of pyridine rings is 1. The van der Waals surface area contributed by atoms with Crippen molar-refractivity contribution in [1.82, 2.24) is 20.1 Å². The molecule has 7 heteroatoms. The molecule has 2 heterocycles. The van der Waals surface area contributed by atoms with Crippen LogP contribution in [0.3, 0.4) is 0 Å². The van der Waals surface area contributed by atoms with Gasteiger partial charge in [-0.05, 0) is 61.2 Å². The van der Waals surface area contributed by atoms with Gasteiger partial charge in [0.1, 0.15) is 0 Å². The third-order valence-electron chi connectivity index (χ3n) is 5.65. The standard InChI is InChI=1S/C24H32N4O3/c1-19-4-5-22(16-20(19)2)24(30)26-17-23(29)28(18-21-6-8-25-9-7-21)11-3-10-27-12-14-31-15-13-27/h4-9,16H,3,10-15,17-18H2,1-2H3,(H,26,30). The molecule has 1 aromatic heterocycles. The maximum atomic E-state index is 12.9. The Labute approximate surface area is 184 Å². The van der Waals surface area contributed by atoms with E-state index < -0.39 is 0 Å². The quantitative estimate of drug-likeness (QED) is 0.668. The minimum atomic E-state index is -0.228. The summed E-state index contributed by atoms with van der Waals surface area (Å²) in [5.41, 5.74) is 3.79. The second kappa shape index (κ2) is 11.6. The highest BCUT2D eigenvalue weighted by Crippen LogP contribution is 2.10. The Hall–Kier alpha value is -2.77. The van der Waals surface area contributed by atoms with E-state index in [1.165, 1.54) is 0 Å². The highest BCUT2D eigenvalue weighted by Gasteiger charge is 2.17. The first-order valence-corrected chi connectivity index (χ1v) is 10.8. The van der Waals surface area contributed by atoms with Crippen molar-refractivity contribution in [3.63, 3.8) is 0 Å². The number of aromatic nitrogens is 1. The Morgan fingerprint density at radius 1 is 1.10 bits per heavy atom. The van der Waals surface area contributed by atoms with E-state index in [1.54, 1.807) is 18.5 Å². The lowest BCUT2D eigenvalue weighted by molar-refractivity contribution is -0.130. The second-order valence-corrected chi connectivity index (χ2v) is 7.96. The first-order valence-electron chi connectivity index (χ1n) is 10.8. The summed E-state index contributed by atoms with van der Waals surface area (Å²) in [5.74, 6) is -0.315. The number of nitrogens with zero attached hydrogens (tertiary/aromatic N) is 3. The lowest BCUT2D eigenvalue weighted by atomic mass is 10.1. The van der Waals surface area contributed by atoms with Crippen LogP contribution in [0.1, 0.15) is 33.5 Å². The summed E-state index contributed by atoms with van der Waals surface area (Å²) in [4.78, 5) is 33.7. The topological polar surface area (TPSA) is 74.8 Å². The molecular weight excluding hydrogens is 392 g/mol. The molecule has 0 saturated carbocycles. The number of ether oxygens (including phenoxy) is 1. The van der Waals surface area contributed by atoms with Crippen molar-refractivity contribution in [1.29, 1.82) is 0 Å². The average molecular weight is 425 g/mol. The van der Waals surface area contributed by atoms with E-state index in [9.17, 15) is 9.59 Å². The smallest absolute Gasteiger partial charge is 0.251 e. The summed E-state index contributed by atoms with van der Waals surface area (Å²) < 4.78 is 5.40. The largest absolute Gasteiger partial charge is 0.379 e. The molecule has 2 aromatic rings. The SMILES string of the molecule is Cc1ccc(C(=O)NCC(=O)N(CCCN2CCOCC2)Cc2ccncc2)cc1C. The molecule has 1 fully saturated rings. The van der Waals surface area contributed by atoms with Crippen molar-refractivity contribution in [2.45, 2.75) is 26.8 Å². The van der Waals surface area contributed by atoms with Crippen molar-refractivity contribution in [2.24, 2.45) is 0 Å². The van der Waals surface area contributed by atoms with Gasteiger partial charge in [0, 0.05) is 50.7 Å². The number of carbonyl (C=O) groups excluding carboxylic acids is 2. The number of rotatable bonds is 9. The van der Waals surface area contributed by atoms with Crippen LogP contribution < -0.4 is 5.32 Å². The molecule has 1 aliphatic heterocycles. The zero-order chi connectivity index (χ0) is 22.1. The van der Waals surface area contributed by atoms with Gasteiger partial charge in [-0.25, -0.2) is 0 Å². The van der Waals surface area contributed by atoms with Gasteiger partial charge >= 0.3 is 0 Å². The molecule has 3 rings (SSSR count). The van der Waals surface area contributed by atoms with Crippen molar-refractivity contribution >= 4 is 11.8 Å². The molecule has 1 N–H and O–H groups in total. The zero-order valence-corrected chi connectivity index (χ0v) is 18.5. The predicted octanol–water partition coefficient (Wildman–Crippen LogP) is 2.18. The van der Waals surface area contributed by atoms with Crippen molar-refractivity contribution in [2.75, 3.05) is 45.9 Å². The van der Waals surface area contributed by atoms with Crippen molar-refractivity contribution in [3.05, 3.63) is 65.0 Å². The molecular formula is C24H32N4O3. The lowest BCUT2D eigenvalue weighted by Crippen LogP contribution is -2.42. The molecule has 1 saturated heterocycles. The molecule has 7 nitrogen and oxygen atoms in total. The third-order valence-corrected chi connectivity index (χ3v) is 5.65. The average Bonchev–Trinajstić information content (AvgIpc) is 2.79. The molecule has 166 valence electrons. The van der Waals surface area contributed by atoms with E-state index in [-0.39, 0.29) is 18.4 Å². The van der Waals surface area contributed by atoms with E-state index in [4.69, 9.17) is 4.74 Å². The highest BCUT2D eigenvalue weighted by molar-refractivity contribution is 5.96. The molecule has 0 bridgehead atoms. The highest BCUT2D eigenvalue weighted by atomic mass is 16.5. The van der Waals surface area contributed by atoms with Gasteiger partial charge in [-0.15, -0.1) is 0 Å². The van der Waals surface area contributed by atoms with Crippen LogP contribution in [0.15, 0.2) is 42.7 Å². The number of benzene rings is 1. The van der Waals surface area contributed by atoms with Crippen LogP contribution in [0.25, 0.3) is 0 Å². The zero-order valence-electron chi connectivity index (χ0n) is 18.5. The van der Waals surface area contributed by atoms with E-state index in [0.29, 0.717) is 18.7 Å². The summed E-state index contributed by atoms with van der Waals surface area (Å²) in [6.45, 7) is 9.44. The lowest BCUT2D eigenvalue weighted by Gasteiger charge is -2.28. The summed E-state index contributed by atoms with van der Waals surface area (Å²) in [5, 5.41) is 2.78. The van der Waals surface area contributed by atoms with Gasteiger partial charge in [-0.2, -0.15) is 0 Å². The maximum absolute atomic E-state index is 12.9. The number of morpholine rings is 1. The van der Waals surface area contributed by atoms with Crippen molar-refractivity contribution in [3.8, 4) is 0 Å². The van der Waals surface area contributed by atoms with Gasteiger partial charge < -0.3 is 15.0 Å². The van der Waals surface area contributed by atoms with Gasteiger partial charge in [0.05, 0.1) is 19.8 Å². The molecule has 0 atom stereocenters. The van der Waals surface area contributed by atoms with Gasteiger partial charge in [-0.3, -0.25) is 19.5 Å². The van der Waals surface area contributed by atoms with Crippen LogP contribution in [-0.4, -0.2) is 72.5 Å². The molecule has 1 aromatic carbocycles. The number of hydrogen-bond donors (Lipinski definition) is 1. The number of nitrogens with one attached hydrogen (secondary N) is 1. The van der Waals surface area contributed by atoms with Gasteiger partial charge in [0.2, 0.25) is 5.91 Å². The Balaban J connectivity index is 1.56. The maximum Gasteiger partial charge on any atom is 0.251 e. The third kappa shape index (κ3) is 7.15. The molecule has 0 unspecified atom stereocenters. The second-order valence-electron chi connectivity index (χ2n) is 7.96. The summed E-state index contributed by atoms with van der Waals surface area (Å²) in [6, 6.07) is 9.39. The molecule has 0 aliphatic carbocycles. The minimum Gasteiger partial charge on any atom is -0.379 e. The summed E-state index contributed by atoms with van der Waals surface area (Å²) >= 11 is 0. The fourth-order valence-electron chi connectivity index (χ4n) is 3.56. The molecule has 0 spiro atoms. The fraction of sp³-hybridized carbons (Fsp3) is 0.458. The Kier molecular flexibility index (Phi) is 8.55. The minimum absolute atomic E-state index is 0.0194. The van der Waals surface area contributed by atoms with Crippen LogP contribution in [0.2, 0.25) is 0 Å². The molecule has 0 radical (unpaired) electrons. The summed E-state index contributed by atoms with van der Waals surface area (Å²) in [6.07, 6.45) is 4.34. The number of amides is 2. The molecule has 1 aliphatic rings. The monoisotopic (exact) mass is 424 g/mol. The van der Waals surface area contributed by atoms with Crippen LogP contribution >= 0.6 is 0 Å². The normalized spacial score (nSPS) is 14.3. The Morgan fingerprint density at radius 2 is 1.84 bits per heavy atom. The first-order chi connectivity index (χ1) is 15.0. The predicted molar refractivity (Wildman–Crippen MR) is 120 cm³/mol. The first kappa shape index (κ1) is 22.9. The fourth-order valence-corrected chi connectivity index (χ4v) is 3.56. The van der Waals surface area contributed by atoms with Crippen LogP contribution in [-0.2, 0) is 16.1 Å². The molecule has 2 amide bonds. The number of hydrogen-bond acceptors (Lipinski definition) is 5. The Bertz CT molecular complexity index is 866. The summed E-state index contributed by atoms with van der Waals surface area (Å²) in [7, 11) is 0. The van der Waals surface area contributed by atoms with Gasteiger partial charge in [0.15, 0.2) is 0 Å². The van der Waals surface area contributed by atoms with Crippen molar-refractivity contribution < 1.29 is 14.3 Å². The number of aryl methyl sites for hydroxylation is 2. The van der Waals surface area contributed by atoms with Gasteiger partial charge in [-0.1, -0.05) is 6.07 Å². The van der Waals surface area contributed by atoms with E-state index in [1.807, 2.05) is 43.0 Å². The Morgan fingerprint density at radius 3 is 2.55 bits per heavy atom. The molecule has 31 heavy (non-hydrogen) atoms. The van der Waals surface area contributed by atoms with Crippen LogP contribution in [0.4, 0.5) is 0 Å². The van der Waals surface area contributed by atoms with Gasteiger partial charge in [0.25, 0.3) is 5.91 Å². The van der Waals surface area contributed by atoms with E-state index >= 15 is 0 Å². The van der Waals surface area contributed by atoms with Crippen LogP contribution in [0, 0.1) is 13.8 Å².